The van der Waals surface area contributed by atoms with Crippen molar-refractivity contribution in [1.82, 2.24) is 10.2 Å². The fraction of sp³-hybridized carbons (Fsp3) is 0.0625. The van der Waals surface area contributed by atoms with Crippen LogP contribution in [-0.2, 0) is 4.74 Å². The van der Waals surface area contributed by atoms with Crippen LogP contribution in [0.1, 0.15) is 21.0 Å². The summed E-state index contributed by atoms with van der Waals surface area (Å²) in [7, 11) is 0. The van der Waals surface area contributed by atoms with E-state index in [1.807, 2.05) is 0 Å². The predicted molar refractivity (Wildman–Crippen MR) is 77.3 cm³/mol. The van der Waals surface area contributed by atoms with E-state index in [0.717, 1.165) is 0 Å². The van der Waals surface area contributed by atoms with Gasteiger partial charge in [0.15, 0.2) is 12.4 Å². The van der Waals surface area contributed by atoms with E-state index < -0.39 is 18.4 Å². The topological polar surface area (TPSA) is 85.2 Å². The number of nitrogens with zero attached hydrogens (tertiary/aromatic N) is 1. The third-order valence-electron chi connectivity index (χ3n) is 3.07. The molecule has 0 aliphatic rings. The number of carbonyl (C=O) groups is 2. The predicted octanol–water partition coefficient (Wildman–Crippen LogP) is 2.85. The van der Waals surface area contributed by atoms with Gasteiger partial charge >= 0.3 is 5.97 Å². The molecule has 3 rings (SSSR count). The Morgan fingerprint density at radius 1 is 1.22 bits per heavy atom. The quantitative estimate of drug-likeness (QED) is 0.578. The van der Waals surface area contributed by atoms with E-state index in [1.165, 1.54) is 30.5 Å². The molecule has 0 spiro atoms. The molecule has 0 saturated heterocycles. The number of rotatable bonds is 5. The van der Waals surface area contributed by atoms with Gasteiger partial charge in [0.2, 0.25) is 5.78 Å². The fourth-order valence-corrected chi connectivity index (χ4v) is 1.91. The zero-order chi connectivity index (χ0) is 16.2. The van der Waals surface area contributed by atoms with Crippen molar-refractivity contribution in [1.29, 1.82) is 0 Å². The van der Waals surface area contributed by atoms with Gasteiger partial charge in [-0.1, -0.05) is 0 Å². The van der Waals surface area contributed by atoms with Crippen molar-refractivity contribution in [3.8, 4) is 11.3 Å². The van der Waals surface area contributed by atoms with Crippen LogP contribution < -0.4 is 0 Å². The molecule has 0 radical (unpaired) electrons. The van der Waals surface area contributed by atoms with Gasteiger partial charge in [-0.15, -0.1) is 0 Å². The molecule has 1 N–H and O–H groups in total. The van der Waals surface area contributed by atoms with E-state index in [4.69, 9.17) is 9.15 Å². The Labute approximate surface area is 129 Å². The molecule has 23 heavy (non-hydrogen) atoms. The lowest BCUT2D eigenvalue weighted by Gasteiger charge is -2.00. The van der Waals surface area contributed by atoms with Gasteiger partial charge in [-0.2, -0.15) is 5.10 Å². The highest BCUT2D eigenvalue weighted by Gasteiger charge is 2.16. The van der Waals surface area contributed by atoms with Crippen LogP contribution >= 0.6 is 0 Å². The van der Waals surface area contributed by atoms with E-state index >= 15 is 0 Å². The van der Waals surface area contributed by atoms with Crippen LogP contribution in [0.3, 0.4) is 0 Å². The number of Topliss-reactive ketones (excluding diaryl/α,β-unsaturated/α-hetero) is 1. The van der Waals surface area contributed by atoms with Crippen LogP contribution in [0.25, 0.3) is 11.3 Å². The Morgan fingerprint density at radius 2 is 2.00 bits per heavy atom. The Hall–Kier alpha value is -3.22. The van der Waals surface area contributed by atoms with E-state index in [1.54, 1.807) is 18.2 Å². The number of aromatic amines is 1. The summed E-state index contributed by atoms with van der Waals surface area (Å²) in [5.41, 5.74) is 1.21. The molecule has 0 unspecified atom stereocenters. The number of aromatic nitrogens is 2. The van der Waals surface area contributed by atoms with E-state index in [2.05, 4.69) is 10.2 Å². The summed E-state index contributed by atoms with van der Waals surface area (Å²) in [5.74, 6) is -1.40. The summed E-state index contributed by atoms with van der Waals surface area (Å²) in [6.45, 7) is -0.433. The largest absolute Gasteiger partial charge is 0.461 e. The number of nitrogens with one attached hydrogen (secondary N) is 1. The molecule has 3 aromatic rings. The van der Waals surface area contributed by atoms with E-state index in [9.17, 15) is 14.0 Å². The van der Waals surface area contributed by atoms with E-state index in [0.29, 0.717) is 11.3 Å². The van der Waals surface area contributed by atoms with E-state index in [-0.39, 0.29) is 17.3 Å². The first-order chi connectivity index (χ1) is 11.1. The van der Waals surface area contributed by atoms with Gasteiger partial charge < -0.3 is 9.15 Å². The third-order valence-corrected chi connectivity index (χ3v) is 3.07. The average molecular weight is 314 g/mol. The first kappa shape index (κ1) is 14.7. The van der Waals surface area contributed by atoms with Crippen molar-refractivity contribution < 1.29 is 23.1 Å². The number of benzene rings is 1. The summed E-state index contributed by atoms with van der Waals surface area (Å²) in [4.78, 5) is 23.5. The van der Waals surface area contributed by atoms with Crippen molar-refractivity contribution in [3.63, 3.8) is 0 Å². The summed E-state index contributed by atoms with van der Waals surface area (Å²) in [6, 6.07) is 10.2. The highest BCUT2D eigenvalue weighted by Crippen LogP contribution is 2.18. The molecular weight excluding hydrogens is 303 g/mol. The standard InChI is InChI=1S/C16H11FN2O4/c17-11-5-3-10(4-6-11)12-8-13(19-18-12)16(21)23-9-14(20)15-2-1-7-22-15/h1-8H,9H2,(H,18,19). The highest BCUT2D eigenvalue weighted by atomic mass is 19.1. The molecule has 2 heterocycles. The first-order valence-corrected chi connectivity index (χ1v) is 6.68. The minimum absolute atomic E-state index is 0.0940. The van der Waals surface area contributed by atoms with Crippen LogP contribution in [0, 0.1) is 5.82 Å². The van der Waals surface area contributed by atoms with Crippen molar-refractivity contribution >= 4 is 11.8 Å². The molecule has 2 aromatic heterocycles. The van der Waals surface area contributed by atoms with Crippen LogP contribution in [0.5, 0.6) is 0 Å². The number of ether oxygens (including phenoxy) is 1. The molecule has 0 fully saturated rings. The Morgan fingerprint density at radius 3 is 2.70 bits per heavy atom. The number of furan rings is 1. The molecule has 0 aliphatic heterocycles. The van der Waals surface area contributed by atoms with Crippen LogP contribution in [0.4, 0.5) is 4.39 Å². The average Bonchev–Trinajstić information content (AvgIpc) is 3.24. The summed E-state index contributed by atoms with van der Waals surface area (Å²) in [6.07, 6.45) is 1.36. The molecule has 0 amide bonds. The maximum Gasteiger partial charge on any atom is 0.356 e. The molecule has 0 saturated carbocycles. The number of carbonyl (C=O) groups excluding carboxylic acids is 2. The van der Waals surface area contributed by atoms with Crippen LogP contribution in [0.15, 0.2) is 53.1 Å². The Balaban J connectivity index is 1.64. The van der Waals surface area contributed by atoms with Crippen molar-refractivity contribution in [2.75, 3.05) is 6.61 Å². The summed E-state index contributed by atoms with van der Waals surface area (Å²) >= 11 is 0. The van der Waals surface area contributed by atoms with Crippen molar-refractivity contribution in [2.24, 2.45) is 0 Å². The van der Waals surface area contributed by atoms with Crippen LogP contribution in [-0.4, -0.2) is 28.6 Å². The number of ketones is 1. The van der Waals surface area contributed by atoms with Crippen molar-refractivity contribution in [2.45, 2.75) is 0 Å². The summed E-state index contributed by atoms with van der Waals surface area (Å²) in [5, 5.41) is 6.49. The molecule has 0 atom stereocenters. The molecule has 6 nitrogen and oxygen atoms in total. The third kappa shape index (κ3) is 3.34. The lowest BCUT2D eigenvalue weighted by atomic mass is 10.1. The van der Waals surface area contributed by atoms with Crippen LogP contribution in [0.2, 0.25) is 0 Å². The normalized spacial score (nSPS) is 10.5. The first-order valence-electron chi connectivity index (χ1n) is 6.68. The maximum absolute atomic E-state index is 12.9. The molecule has 0 aliphatic carbocycles. The van der Waals surface area contributed by atoms with Gasteiger partial charge in [0.05, 0.1) is 12.0 Å². The smallest absolute Gasteiger partial charge is 0.356 e. The molecular formula is C16H11FN2O4. The number of H-pyrrole nitrogens is 1. The van der Waals surface area contributed by atoms with Gasteiger partial charge in [0, 0.05) is 5.56 Å². The fourth-order valence-electron chi connectivity index (χ4n) is 1.91. The van der Waals surface area contributed by atoms with Gasteiger partial charge in [-0.3, -0.25) is 9.89 Å². The molecule has 116 valence electrons. The molecule has 7 heteroatoms. The zero-order valence-corrected chi connectivity index (χ0v) is 11.8. The van der Waals surface area contributed by atoms with Gasteiger partial charge in [-0.05, 0) is 42.5 Å². The number of halogens is 1. The monoisotopic (exact) mass is 314 g/mol. The second-order valence-corrected chi connectivity index (χ2v) is 4.65. The summed E-state index contributed by atoms with van der Waals surface area (Å²) < 4.78 is 22.7. The lowest BCUT2D eigenvalue weighted by Crippen LogP contribution is -2.14. The SMILES string of the molecule is O=C(OCC(=O)c1ccco1)c1cc(-c2ccc(F)cc2)n[nH]1. The molecule has 1 aromatic carbocycles. The second-order valence-electron chi connectivity index (χ2n) is 4.65. The van der Waals surface area contributed by atoms with Crippen molar-refractivity contribution in [3.05, 3.63) is 66.0 Å². The Kier molecular flexibility index (Phi) is 4.01. The minimum Gasteiger partial charge on any atom is -0.461 e. The number of hydrogen-bond acceptors (Lipinski definition) is 5. The number of esters is 1. The number of hydrogen-bond donors (Lipinski definition) is 1. The minimum atomic E-state index is -0.717. The maximum atomic E-state index is 12.9. The second kappa shape index (κ2) is 6.27. The zero-order valence-electron chi connectivity index (χ0n) is 11.8. The van der Waals surface area contributed by atoms with Gasteiger partial charge in [0.25, 0.3) is 0 Å². The lowest BCUT2D eigenvalue weighted by molar-refractivity contribution is 0.0462. The van der Waals surface area contributed by atoms with Gasteiger partial charge in [0.1, 0.15) is 11.5 Å². The Bertz CT molecular complexity index is 822. The van der Waals surface area contributed by atoms with Gasteiger partial charge in [-0.25, -0.2) is 9.18 Å². The highest BCUT2D eigenvalue weighted by molar-refractivity contribution is 5.97. The molecule has 0 bridgehead atoms.